The molecule has 1 aliphatic heterocycles. The quantitative estimate of drug-likeness (QED) is 0.412. The average molecular weight is 493 g/mol. The van der Waals surface area contributed by atoms with E-state index in [0.717, 1.165) is 59.6 Å². The van der Waals surface area contributed by atoms with Gasteiger partial charge in [0, 0.05) is 50.0 Å². The highest BCUT2D eigenvalue weighted by Crippen LogP contribution is 2.40. The summed E-state index contributed by atoms with van der Waals surface area (Å²) in [5.74, 6) is 1.87. The zero-order chi connectivity index (χ0) is 23.9. The summed E-state index contributed by atoms with van der Waals surface area (Å²) in [6.45, 7) is 10.1. The van der Waals surface area contributed by atoms with Crippen molar-refractivity contribution in [1.82, 2.24) is 34.7 Å². The van der Waals surface area contributed by atoms with Gasteiger partial charge in [0.15, 0.2) is 11.4 Å². The van der Waals surface area contributed by atoms with Crippen LogP contribution in [0.25, 0.3) is 27.6 Å². The first-order valence-corrected chi connectivity index (χ1v) is 13.3. The van der Waals surface area contributed by atoms with E-state index in [2.05, 4.69) is 38.8 Å². The normalized spacial score (nSPS) is 17.4. The lowest BCUT2D eigenvalue weighted by Gasteiger charge is -2.38. The van der Waals surface area contributed by atoms with Crippen LogP contribution in [0.15, 0.2) is 24.8 Å². The van der Waals surface area contributed by atoms with Crippen LogP contribution < -0.4 is 9.64 Å². The third-order valence-electron chi connectivity index (χ3n) is 7.35. The number of hydrogen-bond acceptors (Lipinski definition) is 8. The maximum atomic E-state index is 5.57. The molecule has 0 spiro atoms. The molecule has 2 aliphatic rings. The van der Waals surface area contributed by atoms with Crippen molar-refractivity contribution in [3.63, 3.8) is 0 Å². The van der Waals surface area contributed by atoms with Crippen molar-refractivity contribution < 1.29 is 4.74 Å². The van der Waals surface area contributed by atoms with Crippen LogP contribution in [0.1, 0.15) is 44.6 Å². The van der Waals surface area contributed by atoms with Crippen LogP contribution in [-0.4, -0.2) is 74.5 Å². The summed E-state index contributed by atoms with van der Waals surface area (Å²) < 4.78 is 7.30. The van der Waals surface area contributed by atoms with Gasteiger partial charge in [0.05, 0.1) is 24.7 Å². The highest BCUT2D eigenvalue weighted by atomic mass is 32.1. The molecule has 1 saturated heterocycles. The number of nitrogens with one attached hydrogen (secondary N) is 1. The Morgan fingerprint density at radius 3 is 2.71 bits per heavy atom. The van der Waals surface area contributed by atoms with Gasteiger partial charge in [0.1, 0.15) is 16.3 Å². The molecule has 1 saturated carbocycles. The van der Waals surface area contributed by atoms with Crippen molar-refractivity contribution in [3.8, 4) is 27.7 Å². The van der Waals surface area contributed by atoms with Crippen molar-refractivity contribution in [2.45, 2.75) is 39.0 Å². The van der Waals surface area contributed by atoms with E-state index in [1.165, 1.54) is 37.1 Å². The van der Waals surface area contributed by atoms with E-state index in [4.69, 9.17) is 14.8 Å². The molecule has 0 atom stereocenters. The Hall–Kier alpha value is -2.98. The van der Waals surface area contributed by atoms with E-state index in [1.54, 1.807) is 23.0 Å². The Balaban J connectivity index is 1.25. The summed E-state index contributed by atoms with van der Waals surface area (Å²) in [7, 11) is 1.65. The monoisotopic (exact) mass is 492 g/mol. The van der Waals surface area contributed by atoms with Gasteiger partial charge in [-0.2, -0.15) is 10.2 Å². The summed E-state index contributed by atoms with van der Waals surface area (Å²) in [5, 5.41) is 14.5. The smallest absolute Gasteiger partial charge is 0.197 e. The third-order valence-corrected chi connectivity index (χ3v) is 8.42. The first-order valence-electron chi connectivity index (χ1n) is 12.5. The van der Waals surface area contributed by atoms with E-state index in [0.29, 0.717) is 11.4 Å². The van der Waals surface area contributed by atoms with Crippen LogP contribution in [0.3, 0.4) is 0 Å². The number of nitrogens with zero attached hydrogens (tertiary/aromatic N) is 7. The third kappa shape index (κ3) is 4.18. The van der Waals surface area contributed by atoms with Gasteiger partial charge in [0.25, 0.3) is 0 Å². The van der Waals surface area contributed by atoms with Gasteiger partial charge < -0.3 is 9.64 Å². The zero-order valence-electron chi connectivity index (χ0n) is 20.6. The number of aromatic nitrogens is 6. The van der Waals surface area contributed by atoms with Crippen LogP contribution in [0.4, 0.5) is 5.00 Å². The lowest BCUT2D eigenvalue weighted by molar-refractivity contribution is 0.171. The second-order valence-electron chi connectivity index (χ2n) is 9.93. The van der Waals surface area contributed by atoms with E-state index < -0.39 is 0 Å². The molecule has 0 radical (unpaired) electrons. The summed E-state index contributed by atoms with van der Waals surface area (Å²) in [6, 6.07) is 1.98. The van der Waals surface area contributed by atoms with Crippen LogP contribution in [-0.2, 0) is 0 Å². The van der Waals surface area contributed by atoms with Crippen molar-refractivity contribution >= 4 is 22.0 Å². The van der Waals surface area contributed by atoms with Crippen molar-refractivity contribution in [1.29, 1.82) is 0 Å². The zero-order valence-corrected chi connectivity index (χ0v) is 21.4. The first-order chi connectivity index (χ1) is 17.1. The molecule has 0 bridgehead atoms. The predicted octanol–water partition coefficient (Wildman–Crippen LogP) is 4.30. The SMILES string of the molecule is COc1cc(-c2n[nH]c(-c3ncc(N4CCN(CC5CCC5)CC4)s3)c2C(C)C)cn2ncnc12. The van der Waals surface area contributed by atoms with Crippen LogP contribution in [0, 0.1) is 5.92 Å². The minimum atomic E-state index is 0.263. The van der Waals surface area contributed by atoms with Crippen LogP contribution >= 0.6 is 11.3 Å². The molecule has 4 aromatic heterocycles. The second-order valence-corrected chi connectivity index (χ2v) is 10.9. The van der Waals surface area contributed by atoms with Gasteiger partial charge in [0.2, 0.25) is 0 Å². The molecule has 9 nitrogen and oxygen atoms in total. The molecule has 2 fully saturated rings. The topological polar surface area (TPSA) is 87.5 Å². The van der Waals surface area contributed by atoms with E-state index in [9.17, 15) is 0 Å². The number of pyridine rings is 1. The molecule has 35 heavy (non-hydrogen) atoms. The molecule has 10 heteroatoms. The molecule has 184 valence electrons. The molecule has 5 heterocycles. The van der Waals surface area contributed by atoms with Crippen LogP contribution in [0.5, 0.6) is 5.75 Å². The number of rotatable bonds is 7. The Kier molecular flexibility index (Phi) is 5.93. The van der Waals surface area contributed by atoms with Crippen LogP contribution in [0.2, 0.25) is 0 Å². The summed E-state index contributed by atoms with van der Waals surface area (Å²) in [5.41, 5.74) is 4.66. The second kappa shape index (κ2) is 9.23. The number of H-pyrrole nitrogens is 1. The minimum Gasteiger partial charge on any atom is -0.493 e. The predicted molar refractivity (Wildman–Crippen MR) is 138 cm³/mol. The maximum Gasteiger partial charge on any atom is 0.197 e. The van der Waals surface area contributed by atoms with Crippen molar-refractivity contribution in [2.24, 2.45) is 5.92 Å². The number of thiazole rings is 1. The molecule has 0 aromatic carbocycles. The molecular weight excluding hydrogens is 460 g/mol. The standard InChI is InChI=1S/C25H32N8OS/c1-16(2)21-22(18-11-19(34-3)24-27-15-28-33(24)14-18)29-30-23(21)25-26-12-20(35-25)32-9-7-31(8-10-32)13-17-5-4-6-17/h11-12,14-17H,4-10,13H2,1-3H3,(H,29,30). The Morgan fingerprint density at radius 2 is 2.00 bits per heavy atom. The molecule has 4 aromatic rings. The molecule has 6 rings (SSSR count). The molecule has 1 N–H and O–H groups in total. The van der Waals surface area contributed by atoms with Gasteiger partial charge in [-0.25, -0.2) is 14.5 Å². The largest absolute Gasteiger partial charge is 0.493 e. The molecule has 0 unspecified atom stereocenters. The number of fused-ring (bicyclic) bond motifs is 1. The Morgan fingerprint density at radius 1 is 1.17 bits per heavy atom. The first kappa shape index (κ1) is 22.5. The number of methoxy groups -OCH3 is 1. The van der Waals surface area contributed by atoms with E-state index in [1.807, 2.05) is 18.5 Å². The Bertz CT molecular complexity index is 1310. The number of ether oxygens (including phenoxy) is 1. The number of piperazine rings is 1. The van der Waals surface area contributed by atoms with Crippen molar-refractivity contribution in [3.05, 3.63) is 30.4 Å². The number of hydrogen-bond donors (Lipinski definition) is 1. The number of anilines is 1. The van der Waals surface area contributed by atoms with E-state index in [-0.39, 0.29) is 5.92 Å². The highest BCUT2D eigenvalue weighted by Gasteiger charge is 2.26. The van der Waals surface area contributed by atoms with Crippen molar-refractivity contribution in [2.75, 3.05) is 44.7 Å². The Labute approximate surface area is 209 Å². The van der Waals surface area contributed by atoms with Gasteiger partial charge in [-0.05, 0) is 30.7 Å². The average Bonchev–Trinajstić information content (AvgIpc) is 3.59. The fourth-order valence-corrected chi connectivity index (χ4v) is 6.17. The number of aromatic amines is 1. The fraction of sp³-hybridized carbons (Fsp3) is 0.520. The molecule has 1 aliphatic carbocycles. The molecular formula is C25H32N8OS. The van der Waals surface area contributed by atoms with Gasteiger partial charge >= 0.3 is 0 Å². The van der Waals surface area contributed by atoms with Gasteiger partial charge in [-0.3, -0.25) is 10.00 Å². The lowest BCUT2D eigenvalue weighted by Crippen LogP contribution is -2.48. The summed E-state index contributed by atoms with van der Waals surface area (Å²) in [6.07, 6.45) is 9.77. The van der Waals surface area contributed by atoms with Gasteiger partial charge in [-0.1, -0.05) is 31.6 Å². The lowest BCUT2D eigenvalue weighted by atomic mass is 9.85. The maximum absolute atomic E-state index is 5.57. The minimum absolute atomic E-state index is 0.263. The molecule has 0 amide bonds. The summed E-state index contributed by atoms with van der Waals surface area (Å²) in [4.78, 5) is 14.2. The fourth-order valence-electron chi connectivity index (χ4n) is 5.19. The van der Waals surface area contributed by atoms with Gasteiger partial charge in [-0.15, -0.1) is 0 Å². The van der Waals surface area contributed by atoms with E-state index >= 15 is 0 Å². The highest BCUT2D eigenvalue weighted by molar-refractivity contribution is 7.18. The summed E-state index contributed by atoms with van der Waals surface area (Å²) >= 11 is 1.75.